The Labute approximate surface area is 190 Å². The smallest absolute Gasteiger partial charge is 0.308 e. The van der Waals surface area contributed by atoms with Gasteiger partial charge in [0.1, 0.15) is 0 Å². The molecule has 32 heavy (non-hydrogen) atoms. The Balaban J connectivity index is 1.61. The van der Waals surface area contributed by atoms with Crippen molar-refractivity contribution in [2.75, 3.05) is 5.32 Å². The summed E-state index contributed by atoms with van der Waals surface area (Å²) < 4.78 is 5.24. The van der Waals surface area contributed by atoms with Crippen LogP contribution in [0.1, 0.15) is 47.9 Å². The van der Waals surface area contributed by atoms with Crippen molar-refractivity contribution in [3.8, 4) is 0 Å². The molecule has 0 bridgehead atoms. The molecule has 2 aromatic carbocycles. The maximum atomic E-state index is 12.7. The van der Waals surface area contributed by atoms with Gasteiger partial charge in [0.15, 0.2) is 5.13 Å². The first-order valence-electron chi connectivity index (χ1n) is 10.3. The molecule has 0 saturated carbocycles. The maximum Gasteiger partial charge on any atom is 0.308 e. The highest BCUT2D eigenvalue weighted by atomic mass is 32.1. The maximum absolute atomic E-state index is 12.7. The van der Waals surface area contributed by atoms with E-state index < -0.39 is 6.04 Å². The fraction of sp³-hybridized carbons (Fsp3) is 0.250. The van der Waals surface area contributed by atoms with Crippen LogP contribution in [0.2, 0.25) is 0 Å². The van der Waals surface area contributed by atoms with Crippen molar-refractivity contribution >= 4 is 34.3 Å². The molecule has 3 aromatic rings. The Kier molecular flexibility index (Phi) is 8.10. The van der Waals surface area contributed by atoms with E-state index in [-0.39, 0.29) is 36.7 Å². The zero-order valence-corrected chi connectivity index (χ0v) is 18.7. The van der Waals surface area contributed by atoms with Crippen molar-refractivity contribution in [3.05, 3.63) is 82.9 Å². The van der Waals surface area contributed by atoms with E-state index in [2.05, 4.69) is 15.6 Å². The molecule has 1 heterocycles. The summed E-state index contributed by atoms with van der Waals surface area (Å²) in [5.74, 6) is -0.917. The molecule has 1 unspecified atom stereocenters. The highest BCUT2D eigenvalue weighted by Gasteiger charge is 2.21. The van der Waals surface area contributed by atoms with E-state index in [0.717, 1.165) is 5.56 Å². The van der Waals surface area contributed by atoms with Gasteiger partial charge in [-0.3, -0.25) is 19.7 Å². The number of esters is 1. The summed E-state index contributed by atoms with van der Waals surface area (Å²) in [5.41, 5.74) is 1.88. The molecule has 3 rings (SSSR count). The first kappa shape index (κ1) is 23.1. The van der Waals surface area contributed by atoms with E-state index in [1.165, 1.54) is 11.3 Å². The number of benzene rings is 2. The van der Waals surface area contributed by atoms with Crippen molar-refractivity contribution < 1.29 is 19.1 Å². The van der Waals surface area contributed by atoms with Crippen LogP contribution < -0.4 is 10.6 Å². The van der Waals surface area contributed by atoms with Gasteiger partial charge in [0.25, 0.3) is 5.91 Å². The number of anilines is 1. The van der Waals surface area contributed by atoms with Crippen LogP contribution in [0.15, 0.2) is 66.0 Å². The monoisotopic (exact) mass is 451 g/mol. The summed E-state index contributed by atoms with van der Waals surface area (Å²) in [5, 5.41) is 7.78. The van der Waals surface area contributed by atoms with Crippen molar-refractivity contribution in [2.45, 2.75) is 38.8 Å². The molecule has 0 aliphatic rings. The van der Waals surface area contributed by atoms with Crippen LogP contribution in [0, 0.1) is 0 Å². The second kappa shape index (κ2) is 11.2. The van der Waals surface area contributed by atoms with E-state index >= 15 is 0 Å². The van der Waals surface area contributed by atoms with Gasteiger partial charge in [-0.1, -0.05) is 48.5 Å². The van der Waals surface area contributed by atoms with Gasteiger partial charge in [-0.2, -0.15) is 0 Å². The third kappa shape index (κ3) is 7.02. The van der Waals surface area contributed by atoms with E-state index in [0.29, 0.717) is 16.4 Å². The van der Waals surface area contributed by atoms with E-state index in [1.54, 1.807) is 43.5 Å². The van der Waals surface area contributed by atoms with Crippen molar-refractivity contribution in [1.82, 2.24) is 10.3 Å². The molecule has 2 N–H and O–H groups in total. The number of carbonyl (C=O) groups excluding carboxylic acids is 3. The zero-order chi connectivity index (χ0) is 22.9. The molecule has 0 aliphatic carbocycles. The molecule has 1 aromatic heterocycles. The highest BCUT2D eigenvalue weighted by molar-refractivity contribution is 7.14. The molecule has 166 valence electrons. The minimum Gasteiger partial charge on any atom is -0.463 e. The van der Waals surface area contributed by atoms with Gasteiger partial charge in [-0.05, 0) is 31.5 Å². The number of thiazole rings is 1. The average molecular weight is 452 g/mol. The SMILES string of the molecule is CC(C)OC(=O)CC(NC(=O)Cc1csc(NC(=O)c2ccccc2)n1)c1ccccc1. The Morgan fingerprint density at radius 3 is 2.31 bits per heavy atom. The Morgan fingerprint density at radius 1 is 1.00 bits per heavy atom. The molecule has 0 aliphatic heterocycles. The van der Waals surface area contributed by atoms with Crippen LogP contribution in [0.5, 0.6) is 0 Å². The predicted octanol–water partition coefficient (Wildman–Crippen LogP) is 4.14. The molecular weight excluding hydrogens is 426 g/mol. The van der Waals surface area contributed by atoms with Crippen LogP contribution in [-0.4, -0.2) is 28.9 Å². The van der Waals surface area contributed by atoms with Crippen molar-refractivity contribution in [3.63, 3.8) is 0 Å². The molecule has 0 spiro atoms. The second-order valence-electron chi connectivity index (χ2n) is 7.41. The number of nitrogens with zero attached hydrogens (tertiary/aromatic N) is 1. The van der Waals surface area contributed by atoms with Crippen molar-refractivity contribution in [2.24, 2.45) is 0 Å². The number of amides is 2. The standard InChI is InChI=1S/C24H25N3O4S/c1-16(2)31-22(29)14-20(17-9-5-3-6-10-17)26-21(28)13-19-15-32-24(25-19)27-23(30)18-11-7-4-8-12-18/h3-12,15-16,20H,13-14H2,1-2H3,(H,26,28)(H,25,27,30). The molecule has 7 nitrogen and oxygen atoms in total. The normalized spacial score (nSPS) is 11.6. The minimum atomic E-state index is -0.508. The third-order valence-electron chi connectivity index (χ3n) is 4.42. The largest absolute Gasteiger partial charge is 0.463 e. The van der Waals surface area contributed by atoms with Gasteiger partial charge < -0.3 is 10.1 Å². The first-order chi connectivity index (χ1) is 15.4. The minimum absolute atomic E-state index is 0.0280. The van der Waals surface area contributed by atoms with Crippen LogP contribution >= 0.6 is 11.3 Å². The lowest BCUT2D eigenvalue weighted by molar-refractivity contribution is -0.148. The average Bonchev–Trinajstić information content (AvgIpc) is 3.20. The number of rotatable bonds is 9. The topological polar surface area (TPSA) is 97.4 Å². The second-order valence-corrected chi connectivity index (χ2v) is 8.27. The number of hydrogen-bond acceptors (Lipinski definition) is 6. The van der Waals surface area contributed by atoms with Gasteiger partial charge >= 0.3 is 5.97 Å². The van der Waals surface area contributed by atoms with Gasteiger partial charge in [0, 0.05) is 10.9 Å². The molecule has 2 amide bonds. The van der Waals surface area contributed by atoms with Crippen LogP contribution in [0.25, 0.3) is 0 Å². The van der Waals surface area contributed by atoms with Gasteiger partial charge in [-0.25, -0.2) is 4.98 Å². The van der Waals surface area contributed by atoms with Crippen LogP contribution in [0.3, 0.4) is 0 Å². The molecule has 1 atom stereocenters. The lowest BCUT2D eigenvalue weighted by atomic mass is 10.0. The molecule has 8 heteroatoms. The van der Waals surface area contributed by atoms with Gasteiger partial charge in [0.05, 0.1) is 30.7 Å². The number of nitrogens with one attached hydrogen (secondary N) is 2. The molecule has 0 saturated heterocycles. The summed E-state index contributed by atoms with van der Waals surface area (Å²) in [6, 6.07) is 17.6. The van der Waals surface area contributed by atoms with Crippen LogP contribution in [0.4, 0.5) is 5.13 Å². The van der Waals surface area contributed by atoms with E-state index in [9.17, 15) is 14.4 Å². The summed E-state index contributed by atoms with van der Waals surface area (Å²) in [4.78, 5) is 41.4. The lowest BCUT2D eigenvalue weighted by Crippen LogP contribution is -2.32. The lowest BCUT2D eigenvalue weighted by Gasteiger charge is -2.19. The van der Waals surface area contributed by atoms with Gasteiger partial charge in [0.2, 0.25) is 5.91 Å². The predicted molar refractivity (Wildman–Crippen MR) is 123 cm³/mol. The number of ether oxygens (including phenoxy) is 1. The van der Waals surface area contributed by atoms with E-state index in [4.69, 9.17) is 4.74 Å². The van der Waals surface area contributed by atoms with Crippen molar-refractivity contribution in [1.29, 1.82) is 0 Å². The summed E-state index contributed by atoms with van der Waals surface area (Å²) in [6.07, 6.45) is -0.168. The number of carbonyl (C=O) groups is 3. The molecular formula is C24H25N3O4S. The Hall–Kier alpha value is -3.52. The Morgan fingerprint density at radius 2 is 1.66 bits per heavy atom. The van der Waals surface area contributed by atoms with Gasteiger partial charge in [-0.15, -0.1) is 11.3 Å². The number of aromatic nitrogens is 1. The molecule has 0 radical (unpaired) electrons. The number of hydrogen-bond donors (Lipinski definition) is 2. The first-order valence-corrected chi connectivity index (χ1v) is 11.1. The quantitative estimate of drug-likeness (QED) is 0.477. The summed E-state index contributed by atoms with van der Waals surface area (Å²) >= 11 is 1.25. The summed E-state index contributed by atoms with van der Waals surface area (Å²) in [7, 11) is 0. The summed E-state index contributed by atoms with van der Waals surface area (Å²) in [6.45, 7) is 3.56. The fourth-order valence-electron chi connectivity index (χ4n) is 3.03. The third-order valence-corrected chi connectivity index (χ3v) is 5.23. The zero-order valence-electron chi connectivity index (χ0n) is 17.9. The highest BCUT2D eigenvalue weighted by Crippen LogP contribution is 2.20. The van der Waals surface area contributed by atoms with E-state index in [1.807, 2.05) is 36.4 Å². The fourth-order valence-corrected chi connectivity index (χ4v) is 3.73. The van der Waals surface area contributed by atoms with Crippen LogP contribution in [-0.2, 0) is 20.7 Å². The Bertz CT molecular complexity index is 1050. The molecule has 0 fully saturated rings.